The van der Waals surface area contributed by atoms with Crippen molar-refractivity contribution in [2.24, 2.45) is 0 Å². The van der Waals surface area contributed by atoms with E-state index >= 15 is 0 Å². The minimum absolute atomic E-state index is 0.177. The van der Waals surface area contributed by atoms with Gasteiger partial charge >= 0.3 is 0 Å². The van der Waals surface area contributed by atoms with Crippen molar-refractivity contribution in [3.8, 4) is 0 Å². The zero-order valence-electron chi connectivity index (χ0n) is 7.61. The van der Waals surface area contributed by atoms with E-state index in [1.807, 2.05) is 18.2 Å². The fourth-order valence-corrected chi connectivity index (χ4v) is 1.88. The van der Waals surface area contributed by atoms with E-state index in [2.05, 4.69) is 17.4 Å². The van der Waals surface area contributed by atoms with Gasteiger partial charge in [-0.25, -0.2) is 0 Å². The van der Waals surface area contributed by atoms with Crippen LogP contribution in [0.5, 0.6) is 0 Å². The summed E-state index contributed by atoms with van der Waals surface area (Å²) in [6.45, 7) is 1.83. The predicted octanol–water partition coefficient (Wildman–Crippen LogP) is 1.12. The number of aliphatic hydroxyl groups excluding tert-OH is 1. The van der Waals surface area contributed by atoms with Crippen molar-refractivity contribution in [3.05, 3.63) is 35.9 Å². The number of rotatable bonds is 1. The molecule has 13 heavy (non-hydrogen) atoms. The van der Waals surface area contributed by atoms with Crippen LogP contribution in [0.15, 0.2) is 30.3 Å². The molecule has 1 fully saturated rings. The molecule has 1 aliphatic heterocycles. The van der Waals surface area contributed by atoms with Gasteiger partial charge < -0.3 is 10.4 Å². The van der Waals surface area contributed by atoms with Crippen LogP contribution in [0.4, 0.5) is 0 Å². The summed E-state index contributed by atoms with van der Waals surface area (Å²) in [5.74, 6) is 0.273. The van der Waals surface area contributed by atoms with Gasteiger partial charge in [-0.3, -0.25) is 0 Å². The van der Waals surface area contributed by atoms with Crippen LogP contribution < -0.4 is 5.32 Å². The summed E-state index contributed by atoms with van der Waals surface area (Å²) in [5.41, 5.74) is 1.24. The molecule has 1 aromatic rings. The average molecular weight is 177 g/mol. The summed E-state index contributed by atoms with van der Waals surface area (Å²) < 4.78 is 0. The zero-order valence-corrected chi connectivity index (χ0v) is 7.61. The van der Waals surface area contributed by atoms with Gasteiger partial charge in [-0.05, 0) is 18.5 Å². The summed E-state index contributed by atoms with van der Waals surface area (Å²) >= 11 is 0. The summed E-state index contributed by atoms with van der Waals surface area (Å²) in [6.07, 6.45) is 0.683. The Balaban J connectivity index is 2.15. The average Bonchev–Trinajstić information content (AvgIpc) is 2.20. The van der Waals surface area contributed by atoms with Gasteiger partial charge in [-0.15, -0.1) is 0 Å². The van der Waals surface area contributed by atoms with E-state index in [-0.39, 0.29) is 12.0 Å². The van der Waals surface area contributed by atoms with Crippen molar-refractivity contribution >= 4 is 0 Å². The standard InChI is InChI=1S/C11H15NO/c13-11-6-7-12-8-10(11)9-4-2-1-3-5-9/h1-5,10-13H,6-8H2/t10-,11+/m1/s1. The summed E-state index contributed by atoms with van der Waals surface area (Å²) in [6, 6.07) is 10.2. The molecule has 2 heteroatoms. The van der Waals surface area contributed by atoms with E-state index in [9.17, 15) is 5.11 Å². The highest BCUT2D eigenvalue weighted by atomic mass is 16.3. The molecule has 0 saturated carbocycles. The molecule has 0 aliphatic carbocycles. The Hall–Kier alpha value is -0.860. The van der Waals surface area contributed by atoms with Crippen LogP contribution in [0.25, 0.3) is 0 Å². The molecule has 1 saturated heterocycles. The molecule has 2 atom stereocenters. The van der Waals surface area contributed by atoms with Crippen LogP contribution in [0.3, 0.4) is 0 Å². The van der Waals surface area contributed by atoms with Crippen molar-refractivity contribution in [2.75, 3.05) is 13.1 Å². The second-order valence-electron chi connectivity index (χ2n) is 3.58. The lowest BCUT2D eigenvalue weighted by Crippen LogP contribution is -2.38. The molecule has 0 radical (unpaired) electrons. The first-order valence-corrected chi connectivity index (χ1v) is 4.81. The molecule has 2 N–H and O–H groups in total. The Morgan fingerprint density at radius 1 is 1.23 bits per heavy atom. The number of hydrogen-bond donors (Lipinski definition) is 2. The molecule has 1 aromatic carbocycles. The van der Waals surface area contributed by atoms with Gasteiger partial charge in [-0.1, -0.05) is 30.3 Å². The third kappa shape index (κ3) is 1.90. The molecular formula is C11H15NO. The fourth-order valence-electron chi connectivity index (χ4n) is 1.88. The topological polar surface area (TPSA) is 32.3 Å². The highest BCUT2D eigenvalue weighted by molar-refractivity contribution is 5.21. The van der Waals surface area contributed by atoms with Crippen molar-refractivity contribution < 1.29 is 5.11 Å². The first-order chi connectivity index (χ1) is 6.38. The van der Waals surface area contributed by atoms with Crippen LogP contribution in [-0.2, 0) is 0 Å². The minimum atomic E-state index is -0.177. The normalized spacial score (nSPS) is 28.7. The number of benzene rings is 1. The molecule has 2 rings (SSSR count). The van der Waals surface area contributed by atoms with E-state index in [0.717, 1.165) is 19.5 Å². The third-order valence-electron chi connectivity index (χ3n) is 2.67. The van der Waals surface area contributed by atoms with E-state index in [0.29, 0.717) is 0 Å². The van der Waals surface area contributed by atoms with Crippen LogP contribution >= 0.6 is 0 Å². The summed E-state index contributed by atoms with van der Waals surface area (Å²) in [5, 5.41) is 13.1. The van der Waals surface area contributed by atoms with Crippen molar-refractivity contribution in [1.29, 1.82) is 0 Å². The molecule has 1 heterocycles. The Morgan fingerprint density at radius 2 is 2.00 bits per heavy atom. The predicted molar refractivity (Wildman–Crippen MR) is 52.7 cm³/mol. The maximum absolute atomic E-state index is 9.78. The Morgan fingerprint density at radius 3 is 2.69 bits per heavy atom. The Bertz CT molecular complexity index is 260. The second kappa shape index (κ2) is 3.90. The van der Waals surface area contributed by atoms with Gasteiger partial charge in [-0.2, -0.15) is 0 Å². The molecule has 0 bridgehead atoms. The maximum atomic E-state index is 9.78. The van der Waals surface area contributed by atoms with Gasteiger partial charge in [0.1, 0.15) is 0 Å². The molecule has 2 nitrogen and oxygen atoms in total. The lowest BCUT2D eigenvalue weighted by Gasteiger charge is -2.28. The van der Waals surface area contributed by atoms with Crippen LogP contribution in [0.1, 0.15) is 17.9 Å². The van der Waals surface area contributed by atoms with E-state index in [4.69, 9.17) is 0 Å². The van der Waals surface area contributed by atoms with Crippen molar-refractivity contribution in [2.45, 2.75) is 18.4 Å². The summed E-state index contributed by atoms with van der Waals surface area (Å²) in [7, 11) is 0. The number of nitrogens with one attached hydrogen (secondary N) is 1. The van der Waals surface area contributed by atoms with Gasteiger partial charge in [0.25, 0.3) is 0 Å². The Kier molecular flexibility index (Phi) is 2.62. The molecule has 1 aliphatic rings. The number of piperidine rings is 1. The lowest BCUT2D eigenvalue weighted by atomic mass is 9.89. The van der Waals surface area contributed by atoms with Crippen LogP contribution in [0.2, 0.25) is 0 Å². The van der Waals surface area contributed by atoms with Gasteiger partial charge in [0.2, 0.25) is 0 Å². The van der Waals surface area contributed by atoms with Crippen molar-refractivity contribution in [3.63, 3.8) is 0 Å². The summed E-state index contributed by atoms with van der Waals surface area (Å²) in [4.78, 5) is 0. The molecular weight excluding hydrogens is 162 g/mol. The first kappa shape index (κ1) is 8.73. The molecule has 0 aromatic heterocycles. The van der Waals surface area contributed by atoms with E-state index < -0.39 is 0 Å². The molecule has 0 spiro atoms. The monoisotopic (exact) mass is 177 g/mol. The highest BCUT2D eigenvalue weighted by Crippen LogP contribution is 2.22. The molecule has 0 amide bonds. The van der Waals surface area contributed by atoms with E-state index in [1.165, 1.54) is 5.56 Å². The third-order valence-corrected chi connectivity index (χ3v) is 2.67. The maximum Gasteiger partial charge on any atom is 0.0633 e. The van der Waals surface area contributed by atoms with Crippen LogP contribution in [-0.4, -0.2) is 24.3 Å². The van der Waals surface area contributed by atoms with Crippen molar-refractivity contribution in [1.82, 2.24) is 5.32 Å². The number of aliphatic hydroxyl groups is 1. The first-order valence-electron chi connectivity index (χ1n) is 4.81. The van der Waals surface area contributed by atoms with Gasteiger partial charge in [0.05, 0.1) is 6.10 Å². The smallest absolute Gasteiger partial charge is 0.0633 e. The second-order valence-corrected chi connectivity index (χ2v) is 3.58. The van der Waals surface area contributed by atoms with Gasteiger partial charge in [0, 0.05) is 12.5 Å². The largest absolute Gasteiger partial charge is 0.392 e. The quantitative estimate of drug-likeness (QED) is 0.674. The molecule has 0 unspecified atom stereocenters. The van der Waals surface area contributed by atoms with Crippen LogP contribution in [0, 0.1) is 0 Å². The lowest BCUT2D eigenvalue weighted by molar-refractivity contribution is 0.114. The van der Waals surface area contributed by atoms with Gasteiger partial charge in [0.15, 0.2) is 0 Å². The van der Waals surface area contributed by atoms with E-state index in [1.54, 1.807) is 0 Å². The zero-order chi connectivity index (χ0) is 9.10. The number of hydrogen-bond acceptors (Lipinski definition) is 2. The minimum Gasteiger partial charge on any atom is -0.392 e. The highest BCUT2D eigenvalue weighted by Gasteiger charge is 2.23. The fraction of sp³-hybridized carbons (Fsp3) is 0.455. The Labute approximate surface area is 78.6 Å². The SMILES string of the molecule is O[C@H]1CCNC[C@@H]1c1ccccc1. The molecule has 70 valence electrons.